The van der Waals surface area contributed by atoms with Crippen molar-refractivity contribution in [2.24, 2.45) is 5.73 Å². The van der Waals surface area contributed by atoms with Crippen molar-refractivity contribution in [3.05, 3.63) is 17.8 Å². The van der Waals surface area contributed by atoms with Crippen LogP contribution in [0.4, 0.5) is 0 Å². The van der Waals surface area contributed by atoms with Crippen LogP contribution in [0, 0.1) is 0 Å². The van der Waals surface area contributed by atoms with Crippen LogP contribution in [0.15, 0.2) is 10.6 Å². The van der Waals surface area contributed by atoms with Crippen molar-refractivity contribution in [3.63, 3.8) is 0 Å². The lowest BCUT2D eigenvalue weighted by Crippen LogP contribution is -2.28. The van der Waals surface area contributed by atoms with Gasteiger partial charge in [0.05, 0.1) is 12.7 Å². The number of nitrogens with one attached hydrogen (secondary N) is 1. The maximum atomic E-state index is 5.29. The minimum Gasteiger partial charge on any atom is -0.444 e. The van der Waals surface area contributed by atoms with E-state index >= 15 is 0 Å². The lowest BCUT2D eigenvalue weighted by atomic mass is 10.4. The van der Waals surface area contributed by atoms with E-state index in [1.807, 2.05) is 6.92 Å². The lowest BCUT2D eigenvalue weighted by Gasteiger charge is -1.97. The van der Waals surface area contributed by atoms with Gasteiger partial charge in [0.2, 0.25) is 5.89 Å². The van der Waals surface area contributed by atoms with Crippen LogP contribution in [0.3, 0.4) is 0 Å². The van der Waals surface area contributed by atoms with E-state index in [1.54, 1.807) is 6.20 Å². The van der Waals surface area contributed by atoms with E-state index in [0.29, 0.717) is 12.4 Å². The average Bonchev–Trinajstić information content (AvgIpc) is 2.48. The van der Waals surface area contributed by atoms with Gasteiger partial charge in [0.15, 0.2) is 5.11 Å². The minimum absolute atomic E-state index is 0.256. The zero-order valence-corrected chi connectivity index (χ0v) is 7.65. The van der Waals surface area contributed by atoms with Gasteiger partial charge in [0.25, 0.3) is 0 Å². The Morgan fingerprint density at radius 1 is 1.83 bits per heavy atom. The van der Waals surface area contributed by atoms with E-state index in [0.717, 1.165) is 12.2 Å². The van der Waals surface area contributed by atoms with Crippen LogP contribution >= 0.6 is 12.2 Å². The molecule has 0 unspecified atom stereocenters. The van der Waals surface area contributed by atoms with Crippen molar-refractivity contribution in [3.8, 4) is 0 Å². The number of rotatable bonds is 3. The highest BCUT2D eigenvalue weighted by molar-refractivity contribution is 7.80. The number of oxazole rings is 1. The normalized spacial score (nSPS) is 9.75. The number of aromatic nitrogens is 1. The summed E-state index contributed by atoms with van der Waals surface area (Å²) in [5.41, 5.74) is 5.23. The van der Waals surface area contributed by atoms with Crippen LogP contribution in [0.25, 0.3) is 0 Å². The molecule has 66 valence electrons. The summed E-state index contributed by atoms with van der Waals surface area (Å²) in [7, 11) is 0. The van der Waals surface area contributed by atoms with Crippen LogP contribution in [-0.4, -0.2) is 10.1 Å². The largest absolute Gasteiger partial charge is 0.444 e. The number of nitrogens with zero attached hydrogens (tertiary/aromatic N) is 1. The van der Waals surface area contributed by atoms with Crippen LogP contribution in [0.5, 0.6) is 0 Å². The van der Waals surface area contributed by atoms with Gasteiger partial charge in [-0.25, -0.2) is 4.98 Å². The molecule has 0 fully saturated rings. The molecule has 0 aliphatic rings. The Hall–Kier alpha value is -1.10. The molecule has 0 spiro atoms. The van der Waals surface area contributed by atoms with Gasteiger partial charge in [-0.2, -0.15) is 0 Å². The first-order valence-electron chi connectivity index (χ1n) is 3.69. The predicted octanol–water partition coefficient (Wildman–Crippen LogP) is 0.570. The van der Waals surface area contributed by atoms with E-state index < -0.39 is 0 Å². The third-order valence-corrected chi connectivity index (χ3v) is 1.51. The first kappa shape index (κ1) is 8.99. The Balaban J connectivity index is 2.47. The fourth-order valence-corrected chi connectivity index (χ4v) is 0.828. The molecule has 12 heavy (non-hydrogen) atoms. The first-order valence-corrected chi connectivity index (χ1v) is 4.10. The molecule has 0 saturated carbocycles. The van der Waals surface area contributed by atoms with Gasteiger partial charge in [0.1, 0.15) is 5.76 Å². The zero-order chi connectivity index (χ0) is 8.97. The summed E-state index contributed by atoms with van der Waals surface area (Å²) in [4.78, 5) is 4.01. The zero-order valence-electron chi connectivity index (χ0n) is 6.83. The maximum absolute atomic E-state index is 5.29. The van der Waals surface area contributed by atoms with E-state index in [-0.39, 0.29) is 5.11 Å². The van der Waals surface area contributed by atoms with E-state index in [2.05, 4.69) is 22.5 Å². The maximum Gasteiger partial charge on any atom is 0.213 e. The highest BCUT2D eigenvalue weighted by Crippen LogP contribution is 2.02. The highest BCUT2D eigenvalue weighted by Gasteiger charge is 2.00. The van der Waals surface area contributed by atoms with Gasteiger partial charge in [-0.3, -0.25) is 0 Å². The molecule has 0 atom stereocenters. The summed E-state index contributed by atoms with van der Waals surface area (Å²) in [6.45, 7) is 2.46. The molecule has 0 aliphatic carbocycles. The quantitative estimate of drug-likeness (QED) is 0.674. The fourth-order valence-electron chi connectivity index (χ4n) is 0.756. The topological polar surface area (TPSA) is 64.1 Å². The number of hydrogen-bond donors (Lipinski definition) is 2. The van der Waals surface area contributed by atoms with Gasteiger partial charge in [-0.05, 0) is 12.2 Å². The molecular weight excluding hydrogens is 174 g/mol. The Morgan fingerprint density at radius 3 is 3.08 bits per heavy atom. The van der Waals surface area contributed by atoms with Crippen molar-refractivity contribution >= 4 is 17.3 Å². The molecule has 1 aromatic heterocycles. The first-order chi connectivity index (χ1) is 5.72. The van der Waals surface area contributed by atoms with Gasteiger partial charge < -0.3 is 15.5 Å². The van der Waals surface area contributed by atoms with Crippen molar-refractivity contribution in [2.75, 3.05) is 0 Å². The van der Waals surface area contributed by atoms with Gasteiger partial charge in [-0.15, -0.1) is 0 Å². The summed E-state index contributed by atoms with van der Waals surface area (Å²) in [6.07, 6.45) is 2.55. The Bertz CT molecular complexity index is 271. The summed E-state index contributed by atoms with van der Waals surface area (Å²) < 4.78 is 5.29. The van der Waals surface area contributed by atoms with Crippen LogP contribution in [-0.2, 0) is 13.0 Å². The third-order valence-electron chi connectivity index (χ3n) is 1.36. The molecule has 1 aromatic rings. The summed E-state index contributed by atoms with van der Waals surface area (Å²) >= 11 is 4.63. The predicted molar refractivity (Wildman–Crippen MR) is 49.5 cm³/mol. The summed E-state index contributed by atoms with van der Waals surface area (Å²) in [5, 5.41) is 3.01. The number of hydrogen-bond acceptors (Lipinski definition) is 3. The SMILES string of the molecule is CCc1cnc(CNC(N)=S)o1. The molecule has 0 saturated heterocycles. The molecule has 0 bridgehead atoms. The lowest BCUT2D eigenvalue weighted by molar-refractivity contribution is 0.454. The van der Waals surface area contributed by atoms with Crippen LogP contribution in [0.2, 0.25) is 0 Å². The van der Waals surface area contributed by atoms with Crippen LogP contribution in [0.1, 0.15) is 18.6 Å². The molecule has 1 heterocycles. The molecule has 1 rings (SSSR count). The molecule has 0 radical (unpaired) electrons. The van der Waals surface area contributed by atoms with Gasteiger partial charge in [-0.1, -0.05) is 6.92 Å². The molecule has 0 amide bonds. The van der Waals surface area contributed by atoms with Crippen molar-refractivity contribution < 1.29 is 4.42 Å². The molecule has 0 aliphatic heterocycles. The summed E-state index contributed by atoms with van der Waals surface area (Å²) in [5.74, 6) is 1.48. The number of nitrogens with two attached hydrogens (primary N) is 1. The van der Waals surface area contributed by atoms with Gasteiger partial charge >= 0.3 is 0 Å². The monoisotopic (exact) mass is 185 g/mol. The van der Waals surface area contributed by atoms with E-state index in [9.17, 15) is 0 Å². The minimum atomic E-state index is 0.256. The van der Waals surface area contributed by atoms with Crippen molar-refractivity contribution in [1.29, 1.82) is 0 Å². The van der Waals surface area contributed by atoms with Crippen molar-refractivity contribution in [2.45, 2.75) is 19.9 Å². The second-order valence-corrected chi connectivity index (χ2v) is 2.73. The van der Waals surface area contributed by atoms with E-state index in [4.69, 9.17) is 10.2 Å². The highest BCUT2D eigenvalue weighted by atomic mass is 32.1. The third kappa shape index (κ3) is 2.50. The second kappa shape index (κ2) is 4.06. The van der Waals surface area contributed by atoms with Crippen LogP contribution < -0.4 is 11.1 Å². The Morgan fingerprint density at radius 2 is 2.58 bits per heavy atom. The second-order valence-electron chi connectivity index (χ2n) is 2.29. The summed E-state index contributed by atoms with van der Waals surface area (Å²) in [6, 6.07) is 0. The Labute approximate surface area is 76.2 Å². The van der Waals surface area contributed by atoms with E-state index in [1.165, 1.54) is 0 Å². The molecule has 5 heteroatoms. The molecule has 0 aromatic carbocycles. The molecular formula is C7H11N3OS. The Kier molecular flexibility index (Phi) is 3.04. The molecule has 4 nitrogen and oxygen atoms in total. The molecule has 3 N–H and O–H groups in total. The fraction of sp³-hybridized carbons (Fsp3) is 0.429. The van der Waals surface area contributed by atoms with Crippen molar-refractivity contribution in [1.82, 2.24) is 10.3 Å². The number of thiocarbonyl (C=S) groups is 1. The smallest absolute Gasteiger partial charge is 0.213 e. The number of aryl methyl sites for hydroxylation is 1. The standard InChI is InChI=1S/C7H11N3OS/c1-2-5-3-9-6(11-5)4-10-7(8)12/h3H,2,4H2,1H3,(H3,8,10,12). The van der Waals surface area contributed by atoms with Gasteiger partial charge in [0, 0.05) is 6.42 Å². The average molecular weight is 185 g/mol.